The molecule has 4 aromatic carbocycles. The molecule has 0 aliphatic carbocycles. The summed E-state index contributed by atoms with van der Waals surface area (Å²) in [6, 6.07) is 27.1. The number of benzene rings is 4. The van der Waals surface area contributed by atoms with Gasteiger partial charge in [0.2, 0.25) is 0 Å². The molecule has 0 spiro atoms. The number of hydrazone groups is 1. The molecule has 2 N–H and O–H groups in total. The van der Waals surface area contributed by atoms with Gasteiger partial charge in [-0.05, 0) is 73.5 Å². The first-order valence-electron chi connectivity index (χ1n) is 13.0. The topological polar surface area (TPSA) is 98.3 Å². The molecule has 0 radical (unpaired) electrons. The first kappa shape index (κ1) is 29.2. The highest BCUT2D eigenvalue weighted by Crippen LogP contribution is 2.29. The molecule has 0 fully saturated rings. The second-order valence-corrected chi connectivity index (χ2v) is 9.39. The Balaban J connectivity index is 1.38. The number of anilines is 1. The van der Waals surface area contributed by atoms with Gasteiger partial charge in [-0.3, -0.25) is 9.59 Å². The number of hydrogen-bond donors (Lipinski definition) is 2. The van der Waals surface area contributed by atoms with Crippen molar-refractivity contribution >= 4 is 35.3 Å². The van der Waals surface area contributed by atoms with Crippen LogP contribution in [-0.4, -0.2) is 31.2 Å². The van der Waals surface area contributed by atoms with Gasteiger partial charge in [0.25, 0.3) is 11.8 Å². The summed E-state index contributed by atoms with van der Waals surface area (Å²) >= 11 is 6.16. The number of carbonyl (C=O) groups excluding carboxylic acids is 2. The minimum absolute atomic E-state index is 0.221. The third kappa shape index (κ3) is 8.84. The monoisotopic (exact) mass is 571 g/mol. The Labute approximate surface area is 243 Å². The molecule has 4 aromatic rings. The average molecular weight is 572 g/mol. The van der Waals surface area contributed by atoms with Crippen molar-refractivity contribution < 1.29 is 23.8 Å². The third-order valence-corrected chi connectivity index (χ3v) is 5.98. The van der Waals surface area contributed by atoms with Crippen molar-refractivity contribution in [1.82, 2.24) is 5.43 Å². The predicted octanol–water partition coefficient (Wildman–Crippen LogP) is 6.41. The number of carbonyl (C=O) groups is 2. The summed E-state index contributed by atoms with van der Waals surface area (Å²) < 4.78 is 17.3. The molecule has 0 atom stereocenters. The summed E-state index contributed by atoms with van der Waals surface area (Å²) in [6.45, 7) is 4.36. The van der Waals surface area contributed by atoms with E-state index in [-0.39, 0.29) is 12.5 Å². The Morgan fingerprint density at radius 3 is 2.44 bits per heavy atom. The van der Waals surface area contributed by atoms with Gasteiger partial charge in [0.05, 0.1) is 12.8 Å². The number of hydrogen-bond acceptors (Lipinski definition) is 6. The van der Waals surface area contributed by atoms with Gasteiger partial charge < -0.3 is 19.5 Å². The van der Waals surface area contributed by atoms with Crippen molar-refractivity contribution in [3.63, 3.8) is 0 Å². The summed E-state index contributed by atoms with van der Waals surface area (Å²) in [6.07, 6.45) is 1.40. The first-order valence-corrected chi connectivity index (χ1v) is 13.3. The Kier molecular flexibility index (Phi) is 10.3. The largest absolute Gasteiger partial charge is 0.490 e. The second-order valence-electron chi connectivity index (χ2n) is 8.96. The summed E-state index contributed by atoms with van der Waals surface area (Å²) in [5, 5.41) is 7.30. The lowest BCUT2D eigenvalue weighted by Gasteiger charge is -2.13. The Morgan fingerprint density at radius 2 is 1.66 bits per heavy atom. The molecule has 0 unspecified atom stereocenters. The molecule has 4 rings (SSSR count). The molecule has 2 amide bonds. The van der Waals surface area contributed by atoms with Crippen LogP contribution in [0.3, 0.4) is 0 Å². The van der Waals surface area contributed by atoms with Crippen LogP contribution in [-0.2, 0) is 11.4 Å². The van der Waals surface area contributed by atoms with E-state index >= 15 is 0 Å². The zero-order chi connectivity index (χ0) is 29.0. The highest BCUT2D eigenvalue weighted by atomic mass is 35.5. The molecule has 210 valence electrons. The molecule has 0 aliphatic heterocycles. The number of nitrogens with one attached hydrogen (secondary N) is 2. The van der Waals surface area contributed by atoms with Gasteiger partial charge in [-0.25, -0.2) is 5.43 Å². The van der Waals surface area contributed by atoms with Crippen molar-refractivity contribution in [1.29, 1.82) is 0 Å². The molecule has 0 saturated carbocycles. The van der Waals surface area contributed by atoms with Crippen LogP contribution in [0.4, 0.5) is 5.69 Å². The number of nitrogens with zero attached hydrogens (tertiary/aromatic N) is 1. The minimum Gasteiger partial charge on any atom is -0.490 e. The van der Waals surface area contributed by atoms with E-state index in [0.717, 1.165) is 11.1 Å². The predicted molar refractivity (Wildman–Crippen MR) is 160 cm³/mol. The van der Waals surface area contributed by atoms with Crippen molar-refractivity contribution in [3.05, 3.63) is 118 Å². The molecule has 41 heavy (non-hydrogen) atoms. The van der Waals surface area contributed by atoms with Crippen LogP contribution in [0.5, 0.6) is 17.2 Å². The highest BCUT2D eigenvalue weighted by molar-refractivity contribution is 6.30. The van der Waals surface area contributed by atoms with Crippen molar-refractivity contribution in [2.75, 3.05) is 18.5 Å². The van der Waals surface area contributed by atoms with E-state index in [9.17, 15) is 9.59 Å². The third-order valence-electron chi connectivity index (χ3n) is 5.75. The maximum Gasteiger partial charge on any atom is 0.271 e. The van der Waals surface area contributed by atoms with E-state index < -0.39 is 5.91 Å². The van der Waals surface area contributed by atoms with Crippen LogP contribution in [0.1, 0.15) is 34.0 Å². The van der Waals surface area contributed by atoms with E-state index in [1.165, 1.54) is 6.21 Å². The molecule has 8 nitrogen and oxygen atoms in total. The average Bonchev–Trinajstić information content (AvgIpc) is 2.96. The fraction of sp³-hybridized carbons (Fsp3) is 0.156. The smallest absolute Gasteiger partial charge is 0.271 e. The summed E-state index contributed by atoms with van der Waals surface area (Å²) in [5.41, 5.74) is 6.06. The quantitative estimate of drug-likeness (QED) is 0.151. The van der Waals surface area contributed by atoms with Crippen LogP contribution in [0.2, 0.25) is 5.02 Å². The van der Waals surface area contributed by atoms with Crippen molar-refractivity contribution in [2.24, 2.45) is 5.10 Å². The number of amides is 2. The van der Waals surface area contributed by atoms with Gasteiger partial charge in [-0.2, -0.15) is 5.10 Å². The fourth-order valence-corrected chi connectivity index (χ4v) is 3.99. The lowest BCUT2D eigenvalue weighted by atomic mass is 10.2. The number of aryl methyl sites for hydroxylation is 1. The minimum atomic E-state index is -0.446. The van der Waals surface area contributed by atoms with E-state index in [1.54, 1.807) is 42.5 Å². The Morgan fingerprint density at radius 1 is 0.854 bits per heavy atom. The number of rotatable bonds is 12. The van der Waals surface area contributed by atoms with Gasteiger partial charge in [0.1, 0.15) is 12.4 Å². The normalized spacial score (nSPS) is 10.7. The highest BCUT2D eigenvalue weighted by Gasteiger charge is 2.12. The summed E-state index contributed by atoms with van der Waals surface area (Å²) in [4.78, 5) is 25.2. The SMILES string of the molecule is CCOc1cc(C(=O)N/N=C/c2cc(Cl)ccc2OCC(=O)Nc2cccc(C)c2)ccc1OCc1ccccc1. The zero-order valence-electron chi connectivity index (χ0n) is 22.7. The van der Waals surface area contributed by atoms with Crippen LogP contribution in [0.15, 0.2) is 96.1 Å². The number of ether oxygens (including phenoxy) is 3. The van der Waals surface area contributed by atoms with E-state index in [4.69, 9.17) is 25.8 Å². The van der Waals surface area contributed by atoms with Crippen LogP contribution in [0, 0.1) is 6.92 Å². The molecule has 0 aliphatic rings. The zero-order valence-corrected chi connectivity index (χ0v) is 23.5. The lowest BCUT2D eigenvalue weighted by Crippen LogP contribution is -2.20. The van der Waals surface area contributed by atoms with Crippen LogP contribution < -0.4 is 25.0 Å². The van der Waals surface area contributed by atoms with E-state index in [2.05, 4.69) is 15.8 Å². The van der Waals surface area contributed by atoms with Crippen molar-refractivity contribution in [3.8, 4) is 17.2 Å². The maximum atomic E-state index is 12.8. The van der Waals surface area contributed by atoms with Crippen LogP contribution in [0.25, 0.3) is 0 Å². The van der Waals surface area contributed by atoms with Gasteiger partial charge in [-0.15, -0.1) is 0 Å². The molecule has 9 heteroatoms. The first-order chi connectivity index (χ1) is 19.9. The van der Waals surface area contributed by atoms with E-state index in [1.807, 2.05) is 62.4 Å². The van der Waals surface area contributed by atoms with Crippen molar-refractivity contribution in [2.45, 2.75) is 20.5 Å². The Bertz CT molecular complexity index is 1530. The maximum absolute atomic E-state index is 12.8. The summed E-state index contributed by atoms with van der Waals surface area (Å²) in [7, 11) is 0. The summed E-state index contributed by atoms with van der Waals surface area (Å²) in [5.74, 6) is 0.602. The van der Waals surface area contributed by atoms with Gasteiger partial charge in [-0.1, -0.05) is 54.1 Å². The van der Waals surface area contributed by atoms with Gasteiger partial charge in [0.15, 0.2) is 18.1 Å². The molecule has 0 bridgehead atoms. The molecular weight excluding hydrogens is 542 g/mol. The van der Waals surface area contributed by atoms with E-state index in [0.29, 0.717) is 52.3 Å². The molecule has 0 saturated heterocycles. The number of halogens is 1. The van der Waals surface area contributed by atoms with Gasteiger partial charge in [0, 0.05) is 21.8 Å². The second kappa shape index (κ2) is 14.5. The molecule has 0 heterocycles. The molecular formula is C32H30ClN3O5. The molecule has 0 aromatic heterocycles. The van der Waals surface area contributed by atoms with Crippen LogP contribution >= 0.6 is 11.6 Å². The fourth-order valence-electron chi connectivity index (χ4n) is 3.81. The van der Waals surface area contributed by atoms with Gasteiger partial charge >= 0.3 is 0 Å². The Hall–Kier alpha value is -4.82. The standard InChI is InChI=1S/C32H30ClN3O5/c1-3-39-30-18-24(12-14-29(30)40-20-23-9-5-4-6-10-23)32(38)36-34-19-25-17-26(33)13-15-28(25)41-21-31(37)35-27-11-7-8-22(2)16-27/h4-19H,3,20-21H2,1-2H3,(H,35,37)(H,36,38)/b34-19+. The lowest BCUT2D eigenvalue weighted by molar-refractivity contribution is -0.118.